The van der Waals surface area contributed by atoms with Crippen LogP contribution in [0, 0.1) is 5.92 Å². The minimum absolute atomic E-state index is 0.113. The summed E-state index contributed by atoms with van der Waals surface area (Å²) >= 11 is 0. The first-order valence-electron chi connectivity index (χ1n) is 10.9. The molecular formula is C26H29N3O2. The normalized spacial score (nSPS) is 17.5. The molecule has 1 N–H and O–H groups in total. The second kappa shape index (κ2) is 9.75. The highest BCUT2D eigenvalue weighted by molar-refractivity contribution is 5.80. The summed E-state index contributed by atoms with van der Waals surface area (Å²) in [4.78, 5) is 21.9. The maximum Gasteiger partial charge on any atom is 0.227 e. The van der Waals surface area contributed by atoms with Crippen LogP contribution in [0.15, 0.2) is 73.1 Å². The maximum atomic E-state index is 13.3. The minimum Gasteiger partial charge on any atom is -0.508 e. The monoisotopic (exact) mass is 415 g/mol. The van der Waals surface area contributed by atoms with Crippen molar-refractivity contribution in [2.24, 2.45) is 5.92 Å². The fraction of sp³-hybridized carbons (Fsp3) is 0.308. The molecule has 1 saturated heterocycles. The van der Waals surface area contributed by atoms with Crippen LogP contribution in [0.25, 0.3) is 11.1 Å². The molecule has 5 heteroatoms. The number of pyridine rings is 1. The number of amides is 1. The summed E-state index contributed by atoms with van der Waals surface area (Å²) in [5, 5.41) is 9.82. The molecule has 160 valence electrons. The lowest BCUT2D eigenvalue weighted by molar-refractivity contribution is -0.134. The second-order valence-electron chi connectivity index (χ2n) is 8.12. The highest BCUT2D eigenvalue weighted by Crippen LogP contribution is 2.27. The van der Waals surface area contributed by atoms with E-state index in [-0.39, 0.29) is 17.6 Å². The van der Waals surface area contributed by atoms with Crippen LogP contribution in [-0.4, -0.2) is 52.0 Å². The van der Waals surface area contributed by atoms with Gasteiger partial charge in [-0.15, -0.1) is 0 Å². The topological polar surface area (TPSA) is 56.7 Å². The van der Waals surface area contributed by atoms with Gasteiger partial charge < -0.3 is 10.0 Å². The quantitative estimate of drug-likeness (QED) is 0.662. The number of carbonyl (C=O) groups is 1. The molecule has 3 aromatic rings. The molecule has 2 aromatic carbocycles. The zero-order valence-electron chi connectivity index (χ0n) is 17.9. The predicted molar refractivity (Wildman–Crippen MR) is 123 cm³/mol. The molecule has 0 aliphatic carbocycles. The smallest absolute Gasteiger partial charge is 0.227 e. The summed E-state index contributed by atoms with van der Waals surface area (Å²) in [6.45, 7) is 5.75. The molecule has 5 nitrogen and oxygen atoms in total. The van der Waals surface area contributed by atoms with E-state index in [4.69, 9.17) is 0 Å². The molecule has 1 aromatic heterocycles. The van der Waals surface area contributed by atoms with E-state index in [0.29, 0.717) is 13.0 Å². The van der Waals surface area contributed by atoms with Crippen LogP contribution >= 0.6 is 0 Å². The number of aromatic nitrogens is 1. The highest BCUT2D eigenvalue weighted by Gasteiger charge is 2.30. The number of carbonyl (C=O) groups excluding carboxylic acids is 1. The number of rotatable bonds is 6. The van der Waals surface area contributed by atoms with Gasteiger partial charge in [-0.05, 0) is 48.2 Å². The summed E-state index contributed by atoms with van der Waals surface area (Å²) < 4.78 is 0. The Bertz CT molecular complexity index is 1020. The van der Waals surface area contributed by atoms with Crippen LogP contribution in [0.2, 0.25) is 0 Å². The van der Waals surface area contributed by atoms with Crippen molar-refractivity contribution < 1.29 is 9.90 Å². The number of hydrogen-bond acceptors (Lipinski definition) is 4. The summed E-state index contributed by atoms with van der Waals surface area (Å²) in [7, 11) is 0. The molecule has 0 spiro atoms. The van der Waals surface area contributed by atoms with Gasteiger partial charge in [0.15, 0.2) is 0 Å². The minimum atomic E-state index is -0.113. The Balaban J connectivity index is 1.59. The number of aromatic hydroxyl groups is 1. The number of phenols is 1. The number of hydrogen-bond donors (Lipinski definition) is 1. The van der Waals surface area contributed by atoms with E-state index in [1.807, 2.05) is 48.4 Å². The molecular weight excluding hydrogens is 386 g/mol. The molecule has 1 atom stereocenters. The average molecular weight is 416 g/mol. The molecule has 2 heterocycles. The van der Waals surface area contributed by atoms with Crippen LogP contribution in [0.4, 0.5) is 0 Å². The van der Waals surface area contributed by atoms with E-state index in [9.17, 15) is 9.90 Å². The van der Waals surface area contributed by atoms with Gasteiger partial charge in [-0.25, -0.2) is 0 Å². The van der Waals surface area contributed by atoms with Crippen LogP contribution in [-0.2, 0) is 17.8 Å². The van der Waals surface area contributed by atoms with E-state index >= 15 is 0 Å². The fourth-order valence-corrected chi connectivity index (χ4v) is 4.40. The Labute approximate surface area is 184 Å². The van der Waals surface area contributed by atoms with Gasteiger partial charge in [-0.2, -0.15) is 0 Å². The van der Waals surface area contributed by atoms with E-state index in [1.54, 1.807) is 18.3 Å². The predicted octanol–water partition coefficient (Wildman–Crippen LogP) is 3.98. The van der Waals surface area contributed by atoms with Crippen LogP contribution in [0.5, 0.6) is 5.75 Å². The standard InChI is InChI=1S/C26H29N3O2/c1-2-29-14-13-28(18-20-7-5-10-24(30)15-20)19-23(26(29)31)16-21-8-3-4-11-25(21)22-9-6-12-27-17-22/h3-12,15,17,23,30H,2,13-14,16,18-19H2,1H3. The molecule has 4 rings (SSSR count). The first kappa shape index (κ1) is 21.1. The second-order valence-corrected chi connectivity index (χ2v) is 8.12. The summed E-state index contributed by atoms with van der Waals surface area (Å²) in [6, 6.07) is 19.7. The third-order valence-corrected chi connectivity index (χ3v) is 5.98. The largest absolute Gasteiger partial charge is 0.508 e. The molecule has 1 aliphatic heterocycles. The first-order chi connectivity index (χ1) is 15.1. The lowest BCUT2D eigenvalue weighted by atomic mass is 9.91. The van der Waals surface area contributed by atoms with E-state index in [0.717, 1.165) is 42.9 Å². The van der Waals surface area contributed by atoms with Crippen molar-refractivity contribution in [3.63, 3.8) is 0 Å². The van der Waals surface area contributed by atoms with Crippen molar-refractivity contribution in [1.29, 1.82) is 0 Å². The Morgan fingerprint density at radius 2 is 1.94 bits per heavy atom. The van der Waals surface area contributed by atoms with Crippen molar-refractivity contribution >= 4 is 5.91 Å². The molecule has 0 saturated carbocycles. The molecule has 0 radical (unpaired) electrons. The molecule has 1 amide bonds. The number of nitrogens with zero attached hydrogens (tertiary/aromatic N) is 3. The van der Waals surface area contributed by atoms with Crippen molar-refractivity contribution in [2.45, 2.75) is 19.9 Å². The van der Waals surface area contributed by atoms with Crippen LogP contribution in [0.3, 0.4) is 0 Å². The van der Waals surface area contributed by atoms with Gasteiger partial charge in [-0.3, -0.25) is 14.7 Å². The number of benzene rings is 2. The van der Waals surface area contributed by atoms with Crippen molar-refractivity contribution in [1.82, 2.24) is 14.8 Å². The van der Waals surface area contributed by atoms with Crippen molar-refractivity contribution in [2.75, 3.05) is 26.2 Å². The molecule has 0 bridgehead atoms. The Kier molecular flexibility index (Phi) is 6.63. The lowest BCUT2D eigenvalue weighted by Gasteiger charge is -2.24. The van der Waals surface area contributed by atoms with Crippen molar-refractivity contribution in [3.05, 3.63) is 84.2 Å². The van der Waals surface area contributed by atoms with Gasteiger partial charge in [0.25, 0.3) is 0 Å². The van der Waals surface area contributed by atoms with Gasteiger partial charge in [0.2, 0.25) is 5.91 Å². The average Bonchev–Trinajstić information content (AvgIpc) is 2.93. The zero-order chi connectivity index (χ0) is 21.6. The first-order valence-corrected chi connectivity index (χ1v) is 10.9. The SMILES string of the molecule is CCN1CCN(Cc2cccc(O)c2)CC(Cc2ccccc2-c2cccnc2)C1=O. The van der Waals surface area contributed by atoms with E-state index in [2.05, 4.69) is 28.1 Å². The molecule has 1 aliphatic rings. The molecule has 1 unspecified atom stereocenters. The van der Waals surface area contributed by atoms with Gasteiger partial charge in [0, 0.05) is 50.7 Å². The molecule has 31 heavy (non-hydrogen) atoms. The van der Waals surface area contributed by atoms with Gasteiger partial charge in [0.05, 0.1) is 5.92 Å². The van der Waals surface area contributed by atoms with Gasteiger partial charge in [0.1, 0.15) is 5.75 Å². The number of likely N-dealkylation sites (N-methyl/N-ethyl adjacent to an activating group) is 1. The molecule has 1 fully saturated rings. The van der Waals surface area contributed by atoms with Gasteiger partial charge in [-0.1, -0.05) is 42.5 Å². The highest BCUT2D eigenvalue weighted by atomic mass is 16.3. The zero-order valence-corrected chi connectivity index (χ0v) is 17.9. The van der Waals surface area contributed by atoms with E-state index in [1.165, 1.54) is 5.56 Å². The third kappa shape index (κ3) is 5.12. The lowest BCUT2D eigenvalue weighted by Crippen LogP contribution is -2.37. The van der Waals surface area contributed by atoms with Crippen LogP contribution in [0.1, 0.15) is 18.1 Å². The van der Waals surface area contributed by atoms with E-state index < -0.39 is 0 Å². The third-order valence-electron chi connectivity index (χ3n) is 5.98. The summed E-state index contributed by atoms with van der Waals surface area (Å²) in [6.07, 6.45) is 4.34. The number of phenolic OH excluding ortho intramolecular Hbond substituents is 1. The summed E-state index contributed by atoms with van der Waals surface area (Å²) in [5.41, 5.74) is 4.44. The van der Waals surface area contributed by atoms with Crippen molar-refractivity contribution in [3.8, 4) is 16.9 Å². The Morgan fingerprint density at radius 1 is 1.06 bits per heavy atom. The fourth-order valence-electron chi connectivity index (χ4n) is 4.40. The Hall–Kier alpha value is -3.18. The van der Waals surface area contributed by atoms with Gasteiger partial charge >= 0.3 is 0 Å². The maximum absolute atomic E-state index is 13.3. The Morgan fingerprint density at radius 3 is 2.71 bits per heavy atom. The summed E-state index contributed by atoms with van der Waals surface area (Å²) in [5.74, 6) is 0.389. The van der Waals surface area contributed by atoms with Crippen LogP contribution < -0.4 is 0 Å².